The molecule has 0 amide bonds. The van der Waals surface area contributed by atoms with E-state index in [1.165, 1.54) is 0 Å². The Hall–Kier alpha value is -2.02. The van der Waals surface area contributed by atoms with Crippen LogP contribution in [0, 0.1) is 6.57 Å². The van der Waals surface area contributed by atoms with Crippen LogP contribution in [-0.4, -0.2) is 16.9 Å². The zero-order valence-electron chi connectivity index (χ0n) is 7.98. The summed E-state index contributed by atoms with van der Waals surface area (Å²) in [4.78, 5) is 3.36. The Bertz CT molecular complexity index is 522. The van der Waals surface area contributed by atoms with Crippen LogP contribution in [0.25, 0.3) is 15.7 Å². The molecular weight excluding hydrogens is 178 g/mol. The second-order valence-electron chi connectivity index (χ2n) is 2.95. The molecule has 4 heteroatoms. The fourth-order valence-corrected chi connectivity index (χ4v) is 1.44. The van der Waals surface area contributed by atoms with Crippen molar-refractivity contribution in [3.63, 3.8) is 0 Å². The van der Waals surface area contributed by atoms with Gasteiger partial charge in [-0.3, -0.25) is 4.68 Å². The van der Waals surface area contributed by atoms with Gasteiger partial charge in [0.1, 0.15) is 0 Å². The molecule has 0 aliphatic heterocycles. The normalized spacial score (nSPS) is 10.1. The van der Waals surface area contributed by atoms with Crippen LogP contribution in [0.1, 0.15) is 0 Å². The molecule has 0 saturated carbocycles. The van der Waals surface area contributed by atoms with Crippen molar-refractivity contribution in [1.82, 2.24) is 9.78 Å². The summed E-state index contributed by atoms with van der Waals surface area (Å²) in [7, 11) is 3.43. The Kier molecular flexibility index (Phi) is 1.86. The SMILES string of the molecule is [C-]#[N+]c1ccc2c(c1)c(OC)nn2C. The molecule has 2 aromatic rings. The zero-order chi connectivity index (χ0) is 10.1. The van der Waals surface area contributed by atoms with Crippen molar-refractivity contribution < 1.29 is 4.74 Å². The first-order chi connectivity index (χ1) is 6.76. The van der Waals surface area contributed by atoms with E-state index < -0.39 is 0 Å². The molecule has 1 heterocycles. The maximum atomic E-state index is 6.91. The molecule has 0 radical (unpaired) electrons. The molecule has 0 fully saturated rings. The topological polar surface area (TPSA) is 31.4 Å². The molecule has 0 bridgehead atoms. The summed E-state index contributed by atoms with van der Waals surface area (Å²) < 4.78 is 6.85. The molecule has 1 aromatic heterocycles. The van der Waals surface area contributed by atoms with E-state index in [2.05, 4.69) is 9.94 Å². The molecule has 70 valence electrons. The third-order valence-corrected chi connectivity index (χ3v) is 2.12. The predicted octanol–water partition coefficient (Wildman–Crippen LogP) is 2.13. The highest BCUT2D eigenvalue weighted by atomic mass is 16.5. The lowest BCUT2D eigenvalue weighted by Crippen LogP contribution is -1.89. The summed E-state index contributed by atoms with van der Waals surface area (Å²) >= 11 is 0. The zero-order valence-corrected chi connectivity index (χ0v) is 7.98. The van der Waals surface area contributed by atoms with Crippen molar-refractivity contribution >= 4 is 16.6 Å². The summed E-state index contributed by atoms with van der Waals surface area (Å²) in [5, 5.41) is 5.05. The van der Waals surface area contributed by atoms with Crippen molar-refractivity contribution in [2.45, 2.75) is 0 Å². The van der Waals surface area contributed by atoms with E-state index in [9.17, 15) is 0 Å². The Labute approximate surface area is 81.5 Å². The number of hydrogen-bond donors (Lipinski definition) is 0. The van der Waals surface area contributed by atoms with Crippen molar-refractivity contribution in [2.75, 3.05) is 7.11 Å². The highest BCUT2D eigenvalue weighted by molar-refractivity contribution is 5.87. The van der Waals surface area contributed by atoms with Crippen molar-refractivity contribution in [3.05, 3.63) is 29.6 Å². The Morgan fingerprint density at radius 1 is 1.50 bits per heavy atom. The van der Waals surface area contributed by atoms with Crippen LogP contribution in [0.15, 0.2) is 18.2 Å². The summed E-state index contributed by atoms with van der Waals surface area (Å²) in [5.41, 5.74) is 1.57. The minimum absolute atomic E-state index is 0.563. The van der Waals surface area contributed by atoms with Crippen LogP contribution >= 0.6 is 0 Å². The average molecular weight is 187 g/mol. The lowest BCUT2D eigenvalue weighted by atomic mass is 10.2. The highest BCUT2D eigenvalue weighted by Gasteiger charge is 2.08. The molecule has 0 aliphatic rings. The van der Waals surface area contributed by atoms with Crippen LogP contribution < -0.4 is 4.74 Å². The quantitative estimate of drug-likeness (QED) is 0.640. The number of fused-ring (bicyclic) bond motifs is 1. The number of rotatable bonds is 1. The third kappa shape index (κ3) is 1.11. The van der Waals surface area contributed by atoms with Gasteiger partial charge in [0.25, 0.3) is 0 Å². The molecule has 0 aliphatic carbocycles. The maximum absolute atomic E-state index is 6.91. The fraction of sp³-hybridized carbons (Fsp3) is 0.200. The van der Waals surface area contributed by atoms with Gasteiger partial charge in [0.15, 0.2) is 5.69 Å². The van der Waals surface area contributed by atoms with E-state index in [-0.39, 0.29) is 0 Å². The van der Waals surface area contributed by atoms with Gasteiger partial charge in [-0.15, -0.1) is 5.10 Å². The molecule has 0 unspecified atom stereocenters. The maximum Gasteiger partial charge on any atom is 0.239 e. The van der Waals surface area contributed by atoms with Crippen LogP contribution in [0.5, 0.6) is 5.88 Å². The van der Waals surface area contributed by atoms with Crippen LogP contribution in [-0.2, 0) is 7.05 Å². The lowest BCUT2D eigenvalue weighted by Gasteiger charge is -1.94. The van der Waals surface area contributed by atoms with Gasteiger partial charge in [0.05, 0.1) is 24.6 Å². The molecule has 1 aromatic carbocycles. The Morgan fingerprint density at radius 3 is 2.93 bits per heavy atom. The first kappa shape index (κ1) is 8.57. The molecule has 2 rings (SSSR count). The van der Waals surface area contributed by atoms with Gasteiger partial charge in [-0.2, -0.15) is 0 Å². The van der Waals surface area contributed by atoms with Gasteiger partial charge in [-0.05, 0) is 12.1 Å². The Balaban J connectivity index is 2.79. The number of nitrogens with zero attached hydrogens (tertiary/aromatic N) is 3. The van der Waals surface area contributed by atoms with E-state index in [0.29, 0.717) is 11.6 Å². The first-order valence-electron chi connectivity index (χ1n) is 4.14. The number of benzene rings is 1. The number of aryl methyl sites for hydroxylation is 1. The average Bonchev–Trinajstić information content (AvgIpc) is 2.55. The summed E-state index contributed by atoms with van der Waals surface area (Å²) in [6.45, 7) is 6.91. The van der Waals surface area contributed by atoms with Gasteiger partial charge in [0, 0.05) is 7.05 Å². The second kappa shape index (κ2) is 3.04. The number of ether oxygens (including phenoxy) is 1. The molecule has 0 spiro atoms. The van der Waals surface area contributed by atoms with E-state index in [4.69, 9.17) is 11.3 Å². The summed E-state index contributed by atoms with van der Waals surface area (Å²) in [6.07, 6.45) is 0. The van der Waals surface area contributed by atoms with Crippen LogP contribution in [0.3, 0.4) is 0 Å². The summed E-state index contributed by atoms with van der Waals surface area (Å²) in [5.74, 6) is 0.563. The molecule has 0 atom stereocenters. The second-order valence-corrected chi connectivity index (χ2v) is 2.95. The third-order valence-electron chi connectivity index (χ3n) is 2.12. The summed E-state index contributed by atoms with van der Waals surface area (Å²) in [6, 6.07) is 5.43. The van der Waals surface area contributed by atoms with Crippen molar-refractivity contribution in [1.29, 1.82) is 0 Å². The van der Waals surface area contributed by atoms with E-state index >= 15 is 0 Å². The van der Waals surface area contributed by atoms with Crippen LogP contribution in [0.4, 0.5) is 5.69 Å². The largest absolute Gasteiger partial charge is 0.480 e. The smallest absolute Gasteiger partial charge is 0.239 e. The molecule has 0 N–H and O–H groups in total. The van der Waals surface area contributed by atoms with Crippen molar-refractivity contribution in [3.8, 4) is 5.88 Å². The first-order valence-corrected chi connectivity index (χ1v) is 4.14. The minimum Gasteiger partial charge on any atom is -0.480 e. The van der Waals surface area contributed by atoms with E-state index in [1.807, 2.05) is 13.1 Å². The molecular formula is C10H9N3O. The van der Waals surface area contributed by atoms with Crippen LogP contribution in [0.2, 0.25) is 0 Å². The lowest BCUT2D eigenvalue weighted by molar-refractivity contribution is 0.396. The molecule has 4 nitrogen and oxygen atoms in total. The standard InChI is InChI=1S/C10H9N3O/c1-11-7-4-5-9-8(6-7)10(14-3)12-13(9)2/h4-6H,2-3H3. The monoisotopic (exact) mass is 187 g/mol. The number of methoxy groups -OCH3 is 1. The molecule has 0 saturated heterocycles. The minimum atomic E-state index is 0.563. The van der Waals surface area contributed by atoms with Gasteiger partial charge >= 0.3 is 0 Å². The van der Waals surface area contributed by atoms with Gasteiger partial charge in [-0.1, -0.05) is 6.07 Å². The van der Waals surface area contributed by atoms with Gasteiger partial charge < -0.3 is 4.74 Å². The number of aromatic nitrogens is 2. The van der Waals surface area contributed by atoms with Gasteiger partial charge in [0.2, 0.25) is 5.88 Å². The van der Waals surface area contributed by atoms with E-state index in [1.54, 1.807) is 23.9 Å². The van der Waals surface area contributed by atoms with E-state index in [0.717, 1.165) is 10.9 Å². The molecule has 14 heavy (non-hydrogen) atoms. The fourth-order valence-electron chi connectivity index (χ4n) is 1.44. The predicted molar refractivity (Wildman–Crippen MR) is 53.5 cm³/mol. The highest BCUT2D eigenvalue weighted by Crippen LogP contribution is 2.27. The number of hydrogen-bond acceptors (Lipinski definition) is 2. The Morgan fingerprint density at radius 2 is 2.29 bits per heavy atom. The van der Waals surface area contributed by atoms with Gasteiger partial charge in [-0.25, -0.2) is 4.85 Å². The van der Waals surface area contributed by atoms with Crippen molar-refractivity contribution in [2.24, 2.45) is 7.05 Å².